The maximum Gasteiger partial charge on any atom is 0.525 e. The first-order chi connectivity index (χ1) is 8.75. The molecular formula is C13H15BFNO3. The molecule has 19 heavy (non-hydrogen) atoms. The predicted molar refractivity (Wildman–Crippen MR) is 68.6 cm³/mol. The summed E-state index contributed by atoms with van der Waals surface area (Å²) in [4.78, 5) is 0. The molecule has 1 saturated heterocycles. The summed E-state index contributed by atoms with van der Waals surface area (Å²) in [6.45, 7) is 7.39. The van der Waals surface area contributed by atoms with Crippen molar-refractivity contribution in [3.8, 4) is 6.07 Å². The Labute approximate surface area is 111 Å². The van der Waals surface area contributed by atoms with Gasteiger partial charge in [0.2, 0.25) is 5.76 Å². The molecular weight excluding hydrogens is 248 g/mol. The largest absolute Gasteiger partial charge is 0.525 e. The van der Waals surface area contributed by atoms with Crippen LogP contribution in [0, 0.1) is 11.3 Å². The van der Waals surface area contributed by atoms with Gasteiger partial charge in [-0.1, -0.05) is 0 Å². The van der Waals surface area contributed by atoms with Gasteiger partial charge in [0.1, 0.15) is 17.6 Å². The topological polar surface area (TPSA) is 55.4 Å². The first-order valence-electron chi connectivity index (χ1n) is 5.98. The van der Waals surface area contributed by atoms with Crippen molar-refractivity contribution in [2.75, 3.05) is 0 Å². The Morgan fingerprint density at radius 2 is 1.84 bits per heavy atom. The highest BCUT2D eigenvalue weighted by Crippen LogP contribution is 2.39. The van der Waals surface area contributed by atoms with E-state index >= 15 is 0 Å². The van der Waals surface area contributed by atoms with Crippen molar-refractivity contribution in [1.82, 2.24) is 0 Å². The molecule has 2 heterocycles. The lowest BCUT2D eigenvalue weighted by Crippen LogP contribution is -2.41. The summed E-state index contributed by atoms with van der Waals surface area (Å²) in [7, 11) is -1.05. The normalized spacial score (nSPS) is 21.5. The van der Waals surface area contributed by atoms with E-state index in [9.17, 15) is 4.39 Å². The van der Waals surface area contributed by atoms with Crippen LogP contribution in [0.2, 0.25) is 0 Å². The third kappa shape index (κ3) is 2.58. The molecule has 1 fully saturated rings. The second kappa shape index (κ2) is 4.51. The zero-order valence-corrected chi connectivity index (χ0v) is 11.4. The smallest absolute Gasteiger partial charge is 0.446 e. The zero-order valence-electron chi connectivity index (χ0n) is 11.4. The maximum absolute atomic E-state index is 14.1. The molecule has 1 aromatic rings. The maximum atomic E-state index is 14.1. The minimum absolute atomic E-state index is 0.132. The number of furan rings is 1. The van der Waals surface area contributed by atoms with Gasteiger partial charge in [0.05, 0.1) is 11.2 Å². The molecule has 0 aromatic carbocycles. The van der Waals surface area contributed by atoms with Crippen LogP contribution in [-0.4, -0.2) is 18.3 Å². The average Bonchev–Trinajstić information content (AvgIpc) is 2.82. The van der Waals surface area contributed by atoms with Gasteiger partial charge in [-0.25, -0.2) is 4.39 Å². The molecule has 0 unspecified atom stereocenters. The fourth-order valence-corrected chi connectivity index (χ4v) is 1.65. The summed E-state index contributed by atoms with van der Waals surface area (Å²) in [5.74, 6) is 0.386. The summed E-state index contributed by atoms with van der Waals surface area (Å²) in [5.41, 5.74) is -1.77. The van der Waals surface area contributed by atoms with Gasteiger partial charge >= 0.3 is 7.12 Å². The van der Waals surface area contributed by atoms with Crippen molar-refractivity contribution in [2.24, 2.45) is 0 Å². The van der Waals surface area contributed by atoms with E-state index < -0.39 is 24.0 Å². The van der Waals surface area contributed by atoms with Crippen molar-refractivity contribution in [1.29, 1.82) is 5.26 Å². The third-order valence-corrected chi connectivity index (χ3v) is 3.50. The first kappa shape index (κ1) is 13.8. The van der Waals surface area contributed by atoms with Crippen molar-refractivity contribution < 1.29 is 18.1 Å². The van der Waals surface area contributed by atoms with Crippen LogP contribution in [0.1, 0.15) is 39.2 Å². The molecule has 4 nitrogen and oxygen atoms in total. The fraction of sp³-hybridized carbons (Fsp3) is 0.462. The van der Waals surface area contributed by atoms with Crippen LogP contribution < -0.4 is 0 Å². The number of hydrogen-bond donors (Lipinski definition) is 0. The van der Waals surface area contributed by atoms with Crippen LogP contribution in [0.3, 0.4) is 0 Å². The molecule has 2 rings (SSSR count). The monoisotopic (exact) mass is 263 g/mol. The Morgan fingerprint density at radius 1 is 1.26 bits per heavy atom. The van der Waals surface area contributed by atoms with Gasteiger partial charge in [-0.15, -0.1) is 0 Å². The molecule has 1 aliphatic heterocycles. The minimum Gasteiger partial charge on any atom is -0.446 e. The van der Waals surface area contributed by atoms with Gasteiger partial charge in [-0.3, -0.25) is 0 Å². The quantitative estimate of drug-likeness (QED) is 0.769. The van der Waals surface area contributed by atoms with Crippen LogP contribution >= 0.6 is 0 Å². The molecule has 0 aliphatic carbocycles. The van der Waals surface area contributed by atoms with Gasteiger partial charge in [-0.05, 0) is 39.8 Å². The minimum atomic E-state index is -1.05. The summed E-state index contributed by atoms with van der Waals surface area (Å²) < 4.78 is 30.3. The Kier molecular flexibility index (Phi) is 3.29. The standard InChI is InChI=1S/C13H15BFNO3/c1-12(2)13(3,4)19-14(18-12)11(15)7-9-5-6-10(8-16)17-9/h5-7H,1-4H3. The van der Waals surface area contributed by atoms with Crippen molar-refractivity contribution in [3.63, 3.8) is 0 Å². The summed E-state index contributed by atoms with van der Waals surface area (Å²) >= 11 is 0. The van der Waals surface area contributed by atoms with E-state index in [1.54, 1.807) is 0 Å². The summed E-state index contributed by atoms with van der Waals surface area (Å²) in [6.07, 6.45) is 1.17. The van der Waals surface area contributed by atoms with Crippen LogP contribution in [0.25, 0.3) is 6.08 Å². The SMILES string of the molecule is CC1(C)OB(C(F)=Cc2ccc(C#N)o2)OC1(C)C. The number of nitrogens with zero attached hydrogens (tertiary/aromatic N) is 1. The molecule has 0 bridgehead atoms. The lowest BCUT2D eigenvalue weighted by Gasteiger charge is -2.32. The van der Waals surface area contributed by atoms with Crippen molar-refractivity contribution in [2.45, 2.75) is 38.9 Å². The van der Waals surface area contributed by atoms with Gasteiger partial charge in [0.15, 0.2) is 0 Å². The van der Waals surface area contributed by atoms with E-state index in [1.807, 2.05) is 33.8 Å². The number of nitriles is 1. The highest BCUT2D eigenvalue weighted by atomic mass is 19.1. The number of halogens is 1. The van der Waals surface area contributed by atoms with Crippen LogP contribution in [0.15, 0.2) is 22.3 Å². The molecule has 0 saturated carbocycles. The molecule has 0 radical (unpaired) electrons. The molecule has 6 heteroatoms. The van der Waals surface area contributed by atoms with E-state index in [0.717, 1.165) is 0 Å². The molecule has 100 valence electrons. The van der Waals surface area contributed by atoms with Gasteiger partial charge < -0.3 is 13.7 Å². The van der Waals surface area contributed by atoms with Crippen LogP contribution in [0.4, 0.5) is 4.39 Å². The second-order valence-corrected chi connectivity index (χ2v) is 5.43. The molecule has 0 amide bonds. The first-order valence-corrected chi connectivity index (χ1v) is 5.98. The lowest BCUT2D eigenvalue weighted by atomic mass is 9.87. The molecule has 0 atom stereocenters. The van der Waals surface area contributed by atoms with Crippen molar-refractivity contribution in [3.05, 3.63) is 29.4 Å². The van der Waals surface area contributed by atoms with Gasteiger partial charge in [-0.2, -0.15) is 5.26 Å². The average molecular weight is 263 g/mol. The summed E-state index contributed by atoms with van der Waals surface area (Å²) in [6, 6.07) is 4.83. The third-order valence-electron chi connectivity index (χ3n) is 3.50. The number of rotatable bonds is 2. The molecule has 0 spiro atoms. The second-order valence-electron chi connectivity index (χ2n) is 5.43. The highest BCUT2D eigenvalue weighted by molar-refractivity contribution is 6.54. The van der Waals surface area contributed by atoms with Crippen LogP contribution in [0.5, 0.6) is 0 Å². The van der Waals surface area contributed by atoms with E-state index in [-0.39, 0.29) is 11.5 Å². The van der Waals surface area contributed by atoms with Gasteiger partial charge in [0.25, 0.3) is 0 Å². The molecule has 1 aliphatic rings. The van der Waals surface area contributed by atoms with E-state index in [0.29, 0.717) is 0 Å². The Hall–Kier alpha value is -1.58. The lowest BCUT2D eigenvalue weighted by molar-refractivity contribution is 0.00578. The predicted octanol–water partition coefficient (Wildman–Crippen LogP) is 3.09. The Balaban J connectivity index is 2.18. The van der Waals surface area contributed by atoms with E-state index in [2.05, 4.69) is 0 Å². The summed E-state index contributed by atoms with van der Waals surface area (Å²) in [5, 5.41) is 8.63. The highest BCUT2D eigenvalue weighted by Gasteiger charge is 2.53. The fourth-order valence-electron chi connectivity index (χ4n) is 1.65. The van der Waals surface area contributed by atoms with E-state index in [4.69, 9.17) is 19.0 Å². The van der Waals surface area contributed by atoms with E-state index in [1.165, 1.54) is 18.2 Å². The number of hydrogen-bond acceptors (Lipinski definition) is 4. The zero-order chi connectivity index (χ0) is 14.3. The Bertz CT molecular complexity index is 540. The Morgan fingerprint density at radius 3 is 2.32 bits per heavy atom. The molecule has 1 aromatic heterocycles. The van der Waals surface area contributed by atoms with Crippen LogP contribution in [-0.2, 0) is 9.31 Å². The molecule has 0 N–H and O–H groups in total. The van der Waals surface area contributed by atoms with Gasteiger partial charge in [0, 0.05) is 6.08 Å². The van der Waals surface area contributed by atoms with Crippen molar-refractivity contribution >= 4 is 13.2 Å².